The minimum atomic E-state index is -0.363. The van der Waals surface area contributed by atoms with Crippen LogP contribution in [-0.4, -0.2) is 34.4 Å². The lowest BCUT2D eigenvalue weighted by molar-refractivity contribution is -0.113. The predicted octanol–water partition coefficient (Wildman–Crippen LogP) is 4.73. The van der Waals surface area contributed by atoms with E-state index in [9.17, 15) is 9.59 Å². The Morgan fingerprint density at radius 1 is 1.07 bits per heavy atom. The summed E-state index contributed by atoms with van der Waals surface area (Å²) >= 11 is 1.16. The van der Waals surface area contributed by atoms with Crippen LogP contribution < -0.4 is 5.32 Å². The Bertz CT molecular complexity index is 984. The van der Waals surface area contributed by atoms with E-state index in [2.05, 4.69) is 15.5 Å². The Balaban J connectivity index is 1.48. The van der Waals surface area contributed by atoms with Crippen LogP contribution in [0, 0.1) is 6.92 Å². The first-order chi connectivity index (χ1) is 14.5. The number of amides is 1. The van der Waals surface area contributed by atoms with E-state index in [4.69, 9.17) is 9.15 Å². The summed E-state index contributed by atoms with van der Waals surface area (Å²) in [7, 11) is 0. The van der Waals surface area contributed by atoms with Crippen LogP contribution in [0.15, 0.2) is 58.2 Å². The second kappa shape index (κ2) is 10.6. The molecule has 1 aromatic heterocycles. The summed E-state index contributed by atoms with van der Waals surface area (Å²) in [6.45, 7) is 4.45. The maximum absolute atomic E-state index is 12.2. The Morgan fingerprint density at radius 3 is 2.50 bits per heavy atom. The topological polar surface area (TPSA) is 94.3 Å². The summed E-state index contributed by atoms with van der Waals surface area (Å²) in [5.74, 6) is -0.0404. The lowest BCUT2D eigenvalue weighted by Crippen LogP contribution is -2.14. The third kappa shape index (κ3) is 6.18. The molecule has 1 amide bonds. The monoisotopic (exact) mass is 425 g/mol. The van der Waals surface area contributed by atoms with Crippen LogP contribution in [0.2, 0.25) is 0 Å². The number of carbonyl (C=O) groups is 2. The molecular weight excluding hydrogens is 402 g/mol. The molecule has 8 heteroatoms. The second-order valence-electron chi connectivity index (χ2n) is 6.64. The molecule has 3 rings (SSSR count). The van der Waals surface area contributed by atoms with Crippen molar-refractivity contribution in [3.05, 3.63) is 59.7 Å². The van der Waals surface area contributed by atoms with E-state index in [0.29, 0.717) is 29.0 Å². The molecule has 0 fully saturated rings. The fourth-order valence-corrected chi connectivity index (χ4v) is 3.05. The van der Waals surface area contributed by atoms with Crippen LogP contribution in [0.25, 0.3) is 11.5 Å². The third-order valence-electron chi connectivity index (χ3n) is 4.17. The van der Waals surface area contributed by atoms with Gasteiger partial charge in [0.15, 0.2) is 0 Å². The summed E-state index contributed by atoms with van der Waals surface area (Å²) in [4.78, 5) is 24.1. The number of nitrogens with zero attached hydrogens (tertiary/aromatic N) is 2. The molecular formula is C22H23N3O4S. The molecule has 0 radical (unpaired) electrons. The van der Waals surface area contributed by atoms with Gasteiger partial charge in [-0.3, -0.25) is 4.79 Å². The van der Waals surface area contributed by atoms with E-state index in [1.807, 2.05) is 38.1 Å². The molecule has 0 aliphatic carbocycles. The smallest absolute Gasteiger partial charge is 0.338 e. The number of rotatable bonds is 9. The summed E-state index contributed by atoms with van der Waals surface area (Å²) in [5, 5.41) is 11.1. The largest absolute Gasteiger partial charge is 0.462 e. The Morgan fingerprint density at radius 2 is 1.80 bits per heavy atom. The van der Waals surface area contributed by atoms with Crippen molar-refractivity contribution < 1.29 is 18.7 Å². The summed E-state index contributed by atoms with van der Waals surface area (Å²) < 4.78 is 10.8. The van der Waals surface area contributed by atoms with Gasteiger partial charge in [-0.1, -0.05) is 42.8 Å². The quantitative estimate of drug-likeness (QED) is 0.301. The number of aromatic nitrogens is 2. The summed E-state index contributed by atoms with van der Waals surface area (Å²) in [6, 6.07) is 14.3. The molecule has 0 saturated carbocycles. The van der Waals surface area contributed by atoms with Gasteiger partial charge in [0.1, 0.15) is 0 Å². The molecule has 0 unspecified atom stereocenters. The highest BCUT2D eigenvalue weighted by atomic mass is 32.2. The summed E-state index contributed by atoms with van der Waals surface area (Å²) in [5.41, 5.74) is 3.02. The van der Waals surface area contributed by atoms with Gasteiger partial charge in [0.25, 0.3) is 5.22 Å². The molecule has 30 heavy (non-hydrogen) atoms. The molecule has 0 aliphatic rings. The highest BCUT2D eigenvalue weighted by Gasteiger charge is 2.12. The van der Waals surface area contributed by atoms with E-state index in [1.165, 1.54) is 0 Å². The zero-order valence-corrected chi connectivity index (χ0v) is 17.7. The van der Waals surface area contributed by atoms with Crippen molar-refractivity contribution in [1.82, 2.24) is 10.2 Å². The van der Waals surface area contributed by atoms with Crippen molar-refractivity contribution in [3.63, 3.8) is 0 Å². The van der Waals surface area contributed by atoms with E-state index < -0.39 is 0 Å². The number of aryl methyl sites for hydroxylation is 1. The number of anilines is 1. The van der Waals surface area contributed by atoms with Crippen LogP contribution >= 0.6 is 11.8 Å². The molecule has 2 aromatic carbocycles. The number of hydrogen-bond acceptors (Lipinski definition) is 7. The molecule has 0 atom stereocenters. The third-order valence-corrected chi connectivity index (χ3v) is 4.99. The Labute approximate surface area is 179 Å². The van der Waals surface area contributed by atoms with E-state index in [-0.39, 0.29) is 17.6 Å². The maximum atomic E-state index is 12.2. The Kier molecular flexibility index (Phi) is 7.62. The molecule has 7 nitrogen and oxygen atoms in total. The van der Waals surface area contributed by atoms with Gasteiger partial charge >= 0.3 is 5.97 Å². The van der Waals surface area contributed by atoms with Crippen molar-refractivity contribution >= 4 is 29.3 Å². The number of thioether (sulfide) groups is 1. The highest BCUT2D eigenvalue weighted by molar-refractivity contribution is 7.99. The molecule has 0 saturated heterocycles. The summed E-state index contributed by atoms with van der Waals surface area (Å²) in [6.07, 6.45) is 1.80. The average Bonchev–Trinajstić information content (AvgIpc) is 3.22. The molecule has 1 N–H and O–H groups in total. The number of ether oxygens (including phenoxy) is 1. The van der Waals surface area contributed by atoms with Gasteiger partial charge in [-0.2, -0.15) is 0 Å². The van der Waals surface area contributed by atoms with Gasteiger partial charge in [0, 0.05) is 11.3 Å². The molecule has 0 aliphatic heterocycles. The standard InChI is InChI=1S/C22H23N3O4S/c1-3-4-13-28-21(27)17-9-11-18(12-10-17)23-19(26)14-30-22-25-24-20(29-22)16-7-5-15(2)6-8-16/h5-12H,3-4,13-14H2,1-2H3,(H,23,26). The number of carbonyl (C=O) groups excluding carboxylic acids is 2. The predicted molar refractivity (Wildman–Crippen MR) is 115 cm³/mol. The fourth-order valence-electron chi connectivity index (χ4n) is 2.49. The van der Waals surface area contributed by atoms with Crippen LogP contribution in [0.4, 0.5) is 5.69 Å². The molecule has 0 spiro atoms. The van der Waals surface area contributed by atoms with Gasteiger partial charge in [0.2, 0.25) is 11.8 Å². The molecule has 3 aromatic rings. The van der Waals surface area contributed by atoms with E-state index in [1.54, 1.807) is 24.3 Å². The van der Waals surface area contributed by atoms with Crippen molar-refractivity contribution in [2.24, 2.45) is 0 Å². The molecule has 1 heterocycles. The number of nitrogens with one attached hydrogen (secondary N) is 1. The first-order valence-corrected chi connectivity index (χ1v) is 10.6. The fraction of sp³-hybridized carbons (Fsp3) is 0.273. The first kappa shape index (κ1) is 21.6. The van der Waals surface area contributed by atoms with Crippen molar-refractivity contribution in [2.45, 2.75) is 31.9 Å². The number of unbranched alkanes of at least 4 members (excludes halogenated alkanes) is 1. The zero-order chi connectivity index (χ0) is 21.3. The minimum Gasteiger partial charge on any atom is -0.462 e. The molecule has 156 valence electrons. The number of benzene rings is 2. The lowest BCUT2D eigenvalue weighted by Gasteiger charge is -2.06. The van der Waals surface area contributed by atoms with Crippen LogP contribution in [0.5, 0.6) is 0 Å². The normalized spacial score (nSPS) is 10.6. The van der Waals surface area contributed by atoms with Gasteiger partial charge in [-0.25, -0.2) is 4.79 Å². The maximum Gasteiger partial charge on any atom is 0.338 e. The lowest BCUT2D eigenvalue weighted by atomic mass is 10.1. The van der Waals surface area contributed by atoms with Gasteiger partial charge < -0.3 is 14.5 Å². The first-order valence-electron chi connectivity index (χ1n) is 9.65. The number of esters is 1. The number of hydrogen-bond donors (Lipinski definition) is 1. The van der Waals surface area contributed by atoms with Crippen molar-refractivity contribution in [2.75, 3.05) is 17.7 Å². The highest BCUT2D eigenvalue weighted by Crippen LogP contribution is 2.23. The minimum absolute atomic E-state index is 0.121. The Hall–Kier alpha value is -3.13. The van der Waals surface area contributed by atoms with Crippen LogP contribution in [0.1, 0.15) is 35.7 Å². The van der Waals surface area contributed by atoms with E-state index in [0.717, 1.165) is 35.7 Å². The molecule has 0 bridgehead atoms. The van der Waals surface area contributed by atoms with Crippen molar-refractivity contribution in [1.29, 1.82) is 0 Å². The average molecular weight is 426 g/mol. The van der Waals surface area contributed by atoms with E-state index >= 15 is 0 Å². The van der Waals surface area contributed by atoms with Crippen molar-refractivity contribution in [3.8, 4) is 11.5 Å². The second-order valence-corrected chi connectivity index (χ2v) is 7.57. The zero-order valence-electron chi connectivity index (χ0n) is 16.9. The SMILES string of the molecule is CCCCOC(=O)c1ccc(NC(=O)CSc2nnc(-c3ccc(C)cc3)o2)cc1. The van der Waals surface area contributed by atoms with Crippen LogP contribution in [-0.2, 0) is 9.53 Å². The van der Waals surface area contributed by atoms with Gasteiger partial charge in [-0.15, -0.1) is 10.2 Å². The van der Waals surface area contributed by atoms with Crippen LogP contribution in [0.3, 0.4) is 0 Å². The van der Waals surface area contributed by atoms with Gasteiger partial charge in [0.05, 0.1) is 17.9 Å². The van der Waals surface area contributed by atoms with Gasteiger partial charge in [-0.05, 0) is 49.7 Å².